The molecule has 1 aliphatic rings. The maximum Gasteiger partial charge on any atom is 0.307 e. The fourth-order valence-corrected chi connectivity index (χ4v) is 3.25. The van der Waals surface area contributed by atoms with E-state index in [-0.39, 0.29) is 17.6 Å². The summed E-state index contributed by atoms with van der Waals surface area (Å²) < 4.78 is 4.75. The summed E-state index contributed by atoms with van der Waals surface area (Å²) in [7, 11) is 1.29. The SMILES string of the molecule is COC(=O)C[C@@H](NC(=O)C1=C(C(=O)[O-])CCCC1)c1cc(C)ccc1C. The summed E-state index contributed by atoms with van der Waals surface area (Å²) in [4.78, 5) is 35.9. The predicted octanol–water partition coefficient (Wildman–Crippen LogP) is 1.64. The number of rotatable bonds is 6. The Morgan fingerprint density at radius 1 is 1.15 bits per heavy atom. The minimum Gasteiger partial charge on any atom is -0.545 e. The zero-order valence-electron chi connectivity index (χ0n) is 15.4. The standard InChI is InChI=1S/C20H25NO5/c1-12-8-9-13(2)16(10-12)17(11-18(22)26-3)21-19(23)14-6-4-5-7-15(14)20(24)25/h8-10,17H,4-7,11H2,1-3H3,(H,21,23)(H,24,25)/p-1/t17-/m1/s1. The number of aryl methyl sites for hydroxylation is 2. The Labute approximate surface area is 153 Å². The van der Waals surface area contributed by atoms with Gasteiger partial charge in [-0.25, -0.2) is 0 Å². The van der Waals surface area contributed by atoms with Crippen LogP contribution in [-0.2, 0) is 19.1 Å². The number of carboxylic acids is 1. The molecule has 1 N–H and O–H groups in total. The van der Waals surface area contributed by atoms with Crippen LogP contribution in [0.4, 0.5) is 0 Å². The van der Waals surface area contributed by atoms with Gasteiger partial charge in [-0.3, -0.25) is 9.59 Å². The summed E-state index contributed by atoms with van der Waals surface area (Å²) in [6.45, 7) is 3.83. The molecule has 6 heteroatoms. The van der Waals surface area contributed by atoms with E-state index in [0.717, 1.165) is 29.5 Å². The smallest absolute Gasteiger partial charge is 0.307 e. The molecule has 0 aromatic heterocycles. The van der Waals surface area contributed by atoms with Crippen molar-refractivity contribution in [1.29, 1.82) is 0 Å². The maximum atomic E-state index is 12.8. The van der Waals surface area contributed by atoms with E-state index in [1.165, 1.54) is 7.11 Å². The summed E-state index contributed by atoms with van der Waals surface area (Å²) in [6, 6.07) is 5.20. The minimum absolute atomic E-state index is 0.0273. The third kappa shape index (κ3) is 4.71. The zero-order chi connectivity index (χ0) is 19.3. The van der Waals surface area contributed by atoms with E-state index < -0.39 is 23.9 Å². The molecule has 0 heterocycles. The zero-order valence-corrected chi connectivity index (χ0v) is 15.4. The number of hydrogen-bond acceptors (Lipinski definition) is 5. The van der Waals surface area contributed by atoms with Gasteiger partial charge in [0.2, 0.25) is 5.91 Å². The van der Waals surface area contributed by atoms with Gasteiger partial charge in [0.25, 0.3) is 0 Å². The predicted molar refractivity (Wildman–Crippen MR) is 93.9 cm³/mol. The topological polar surface area (TPSA) is 95.5 Å². The largest absolute Gasteiger partial charge is 0.545 e. The lowest BCUT2D eigenvalue weighted by atomic mass is 9.90. The van der Waals surface area contributed by atoms with Gasteiger partial charge in [0, 0.05) is 5.57 Å². The minimum atomic E-state index is -1.30. The molecule has 140 valence electrons. The number of carbonyl (C=O) groups excluding carboxylic acids is 3. The quantitative estimate of drug-likeness (QED) is 0.780. The molecule has 1 atom stereocenters. The number of amides is 1. The molecule has 1 aliphatic carbocycles. The molecule has 0 radical (unpaired) electrons. The van der Waals surface area contributed by atoms with Crippen LogP contribution in [0.1, 0.15) is 54.8 Å². The monoisotopic (exact) mass is 358 g/mol. The van der Waals surface area contributed by atoms with Crippen molar-refractivity contribution in [3.63, 3.8) is 0 Å². The van der Waals surface area contributed by atoms with E-state index in [0.29, 0.717) is 12.8 Å². The summed E-state index contributed by atoms with van der Waals surface area (Å²) in [6.07, 6.45) is 2.18. The van der Waals surface area contributed by atoms with Crippen LogP contribution in [0.2, 0.25) is 0 Å². The summed E-state index contributed by atoms with van der Waals surface area (Å²) in [5.74, 6) is -2.21. The number of esters is 1. The molecule has 6 nitrogen and oxygen atoms in total. The molecule has 0 saturated heterocycles. The highest BCUT2D eigenvalue weighted by atomic mass is 16.5. The van der Waals surface area contributed by atoms with Crippen LogP contribution >= 0.6 is 0 Å². The summed E-state index contributed by atoms with van der Waals surface area (Å²) >= 11 is 0. The van der Waals surface area contributed by atoms with Gasteiger partial charge < -0.3 is 20.0 Å². The molecule has 0 spiro atoms. The van der Waals surface area contributed by atoms with Crippen LogP contribution in [0.25, 0.3) is 0 Å². The Bertz CT molecular complexity index is 751. The van der Waals surface area contributed by atoms with Crippen molar-refractivity contribution in [2.75, 3.05) is 7.11 Å². The van der Waals surface area contributed by atoms with E-state index in [4.69, 9.17) is 4.74 Å². The van der Waals surface area contributed by atoms with Crippen LogP contribution in [0.15, 0.2) is 29.3 Å². The number of aliphatic carboxylic acids is 1. The Kier molecular flexibility index (Phi) is 6.55. The third-order valence-electron chi connectivity index (χ3n) is 4.70. The summed E-state index contributed by atoms with van der Waals surface area (Å²) in [5, 5.41) is 14.2. The molecule has 0 bridgehead atoms. The van der Waals surface area contributed by atoms with Gasteiger partial charge in [-0.05, 0) is 56.2 Å². The Balaban J connectivity index is 2.34. The first-order valence-electron chi connectivity index (χ1n) is 8.71. The second kappa shape index (κ2) is 8.65. The highest BCUT2D eigenvalue weighted by Crippen LogP contribution is 2.27. The molecule has 2 rings (SSSR count). The first-order chi connectivity index (χ1) is 12.3. The van der Waals surface area contributed by atoms with Crippen molar-refractivity contribution in [2.24, 2.45) is 0 Å². The van der Waals surface area contributed by atoms with Crippen LogP contribution < -0.4 is 10.4 Å². The van der Waals surface area contributed by atoms with Crippen molar-refractivity contribution in [2.45, 2.75) is 52.0 Å². The van der Waals surface area contributed by atoms with Gasteiger partial charge in [0.05, 0.1) is 25.5 Å². The average Bonchev–Trinajstić information content (AvgIpc) is 2.62. The Morgan fingerprint density at radius 3 is 2.42 bits per heavy atom. The fraction of sp³-hybridized carbons (Fsp3) is 0.450. The number of methoxy groups -OCH3 is 1. The molecule has 1 amide bonds. The van der Waals surface area contributed by atoms with E-state index in [9.17, 15) is 19.5 Å². The maximum absolute atomic E-state index is 12.8. The lowest BCUT2D eigenvalue weighted by Crippen LogP contribution is -2.35. The van der Waals surface area contributed by atoms with E-state index in [2.05, 4.69) is 5.32 Å². The molecular weight excluding hydrogens is 334 g/mol. The Hall–Kier alpha value is -2.63. The lowest BCUT2D eigenvalue weighted by Gasteiger charge is -2.25. The molecule has 1 aromatic carbocycles. The van der Waals surface area contributed by atoms with Gasteiger partial charge in [-0.15, -0.1) is 0 Å². The lowest BCUT2D eigenvalue weighted by molar-refractivity contribution is -0.299. The van der Waals surface area contributed by atoms with Gasteiger partial charge in [-0.1, -0.05) is 23.8 Å². The van der Waals surface area contributed by atoms with Crippen LogP contribution in [0.3, 0.4) is 0 Å². The second-order valence-electron chi connectivity index (χ2n) is 6.62. The van der Waals surface area contributed by atoms with Gasteiger partial charge >= 0.3 is 5.97 Å². The van der Waals surface area contributed by atoms with Crippen molar-refractivity contribution in [3.05, 3.63) is 46.0 Å². The number of hydrogen-bond donors (Lipinski definition) is 1. The van der Waals surface area contributed by atoms with Crippen molar-refractivity contribution >= 4 is 17.8 Å². The number of nitrogens with one attached hydrogen (secondary N) is 1. The molecular formula is C20H24NO5-. The molecule has 26 heavy (non-hydrogen) atoms. The van der Waals surface area contributed by atoms with E-state index >= 15 is 0 Å². The molecule has 0 unspecified atom stereocenters. The van der Waals surface area contributed by atoms with Crippen LogP contribution in [-0.4, -0.2) is 25.0 Å². The first kappa shape index (κ1) is 19.7. The first-order valence-corrected chi connectivity index (χ1v) is 8.71. The van der Waals surface area contributed by atoms with E-state index in [1.807, 2.05) is 32.0 Å². The third-order valence-corrected chi connectivity index (χ3v) is 4.70. The highest BCUT2D eigenvalue weighted by Gasteiger charge is 2.25. The molecule has 1 aromatic rings. The van der Waals surface area contributed by atoms with Crippen LogP contribution in [0.5, 0.6) is 0 Å². The average molecular weight is 358 g/mol. The van der Waals surface area contributed by atoms with Crippen molar-refractivity contribution in [3.8, 4) is 0 Å². The van der Waals surface area contributed by atoms with Gasteiger partial charge in [0.15, 0.2) is 0 Å². The number of benzene rings is 1. The molecule has 0 saturated carbocycles. The number of ether oxygens (including phenoxy) is 1. The van der Waals surface area contributed by atoms with Crippen LogP contribution in [0, 0.1) is 13.8 Å². The van der Waals surface area contributed by atoms with E-state index in [1.54, 1.807) is 0 Å². The molecule has 0 aliphatic heterocycles. The Morgan fingerprint density at radius 2 is 1.81 bits per heavy atom. The highest BCUT2D eigenvalue weighted by molar-refractivity contribution is 6.02. The van der Waals surface area contributed by atoms with Crippen molar-refractivity contribution < 1.29 is 24.2 Å². The molecule has 0 fully saturated rings. The fourth-order valence-electron chi connectivity index (χ4n) is 3.25. The van der Waals surface area contributed by atoms with Crippen molar-refractivity contribution in [1.82, 2.24) is 5.32 Å². The normalized spacial score (nSPS) is 15.3. The van der Waals surface area contributed by atoms with Gasteiger partial charge in [-0.2, -0.15) is 0 Å². The number of carboxylic acid groups (broad SMARTS) is 1. The van der Waals surface area contributed by atoms with Gasteiger partial charge in [0.1, 0.15) is 0 Å². The second-order valence-corrected chi connectivity index (χ2v) is 6.62. The number of carbonyl (C=O) groups is 3. The summed E-state index contributed by atoms with van der Waals surface area (Å²) in [5.41, 5.74) is 3.06.